The van der Waals surface area contributed by atoms with Crippen molar-refractivity contribution in [2.24, 2.45) is 0 Å². The van der Waals surface area contributed by atoms with Gasteiger partial charge in [0.1, 0.15) is 0 Å². The first kappa shape index (κ1) is 33.0. The molecule has 6 N–H and O–H groups in total. The lowest BCUT2D eigenvalue weighted by Gasteiger charge is -2.28. The maximum Gasteiger partial charge on any atom is 0.745 e. The molecule has 0 amide bonds. The van der Waals surface area contributed by atoms with E-state index in [9.17, 15) is 18.3 Å². The highest BCUT2D eigenvalue weighted by Gasteiger charge is 2.60. The smallest absolute Gasteiger partial charge is 0.322 e. The van der Waals surface area contributed by atoms with E-state index in [-0.39, 0.29) is 5.02 Å². The standard InChI is InChI=1S/C7H8Cl2O6P2.C7H6Cl2.O5P2/c8-6-3-1-5(2-4-6)7(9,16(10,11)12)17(13,14)15;8-5-6-1-3-7(9)4-2-6;1-6(2)5-7(3)4/h1-4H,(H2,10,11,12)(H2,13,14,15);1-4H,5H2;/p+2. The molecule has 0 fully saturated rings. The predicted octanol–water partition coefficient (Wildman–Crippen LogP) is 5.43. The second-order valence-electron chi connectivity index (χ2n) is 5.50. The molecule has 0 aliphatic heterocycles. The molecule has 2 rings (SSSR count). The lowest BCUT2D eigenvalue weighted by atomic mass is 10.2. The molecule has 0 spiro atoms. The van der Waals surface area contributed by atoms with Crippen LogP contribution >= 0.6 is 78.1 Å². The molecule has 0 aromatic heterocycles. The quantitative estimate of drug-likeness (QED) is 0.177. The Morgan fingerprint density at radius 2 is 1.12 bits per heavy atom. The normalized spacial score (nSPS) is 12.5. The number of halogens is 4. The average molecular weight is 626 g/mol. The number of rotatable bonds is 6. The Morgan fingerprint density at radius 3 is 1.36 bits per heavy atom. The van der Waals surface area contributed by atoms with Crippen LogP contribution in [-0.4, -0.2) is 29.4 Å². The van der Waals surface area contributed by atoms with E-state index in [1.54, 1.807) is 0 Å². The van der Waals surface area contributed by atoms with Gasteiger partial charge in [-0.1, -0.05) is 59.1 Å². The molecule has 0 saturated heterocycles. The molecule has 33 heavy (non-hydrogen) atoms. The molecular formula is C14H16Cl4O11P4+2. The third-order valence-electron chi connectivity index (χ3n) is 3.19. The summed E-state index contributed by atoms with van der Waals surface area (Å²) in [4.78, 5) is 51.5. The topological polar surface area (TPSA) is 199 Å². The van der Waals surface area contributed by atoms with Crippen molar-refractivity contribution in [1.82, 2.24) is 0 Å². The van der Waals surface area contributed by atoms with Crippen molar-refractivity contribution in [3.63, 3.8) is 0 Å². The highest BCUT2D eigenvalue weighted by Crippen LogP contribution is 2.76. The van der Waals surface area contributed by atoms with Gasteiger partial charge in [-0.05, 0) is 35.4 Å². The van der Waals surface area contributed by atoms with Crippen molar-refractivity contribution in [3.05, 3.63) is 69.7 Å². The van der Waals surface area contributed by atoms with Crippen molar-refractivity contribution in [2.45, 2.75) is 10.2 Å². The highest BCUT2D eigenvalue weighted by molar-refractivity contribution is 7.74. The van der Waals surface area contributed by atoms with Gasteiger partial charge in [-0.2, -0.15) is 0 Å². The first-order valence-corrected chi connectivity index (χ1v) is 15.0. The van der Waals surface area contributed by atoms with Gasteiger partial charge in [-0.3, -0.25) is 9.13 Å². The third kappa shape index (κ3) is 11.5. The van der Waals surface area contributed by atoms with Crippen molar-refractivity contribution in [2.75, 3.05) is 0 Å². The van der Waals surface area contributed by atoms with Crippen molar-refractivity contribution in [1.29, 1.82) is 0 Å². The molecule has 0 aliphatic carbocycles. The first-order valence-electron chi connectivity index (χ1n) is 7.82. The van der Waals surface area contributed by atoms with Gasteiger partial charge in [0, 0.05) is 25.1 Å². The van der Waals surface area contributed by atoms with Crippen molar-refractivity contribution >= 4 is 78.1 Å². The molecule has 2 atom stereocenters. The number of benzene rings is 2. The zero-order valence-electron chi connectivity index (χ0n) is 15.9. The van der Waals surface area contributed by atoms with Crippen LogP contribution < -0.4 is 0 Å². The minimum absolute atomic E-state index is 0.240. The van der Waals surface area contributed by atoms with E-state index in [1.807, 2.05) is 24.3 Å². The Labute approximate surface area is 209 Å². The molecule has 0 radical (unpaired) electrons. The van der Waals surface area contributed by atoms with Gasteiger partial charge in [0.05, 0.1) is 0 Å². The lowest BCUT2D eigenvalue weighted by molar-refractivity contribution is 0.331. The summed E-state index contributed by atoms with van der Waals surface area (Å²) in [6.07, 6.45) is 0. The molecule has 19 heteroatoms. The maximum absolute atomic E-state index is 11.2. The molecule has 2 aromatic rings. The van der Waals surface area contributed by atoms with E-state index >= 15 is 0 Å². The van der Waals surface area contributed by atoms with E-state index in [0.29, 0.717) is 5.88 Å². The van der Waals surface area contributed by atoms with Crippen LogP contribution in [-0.2, 0) is 32.8 Å². The summed E-state index contributed by atoms with van der Waals surface area (Å²) >= 11 is 22.2. The van der Waals surface area contributed by atoms with Gasteiger partial charge < -0.3 is 19.6 Å². The second kappa shape index (κ2) is 14.5. The van der Waals surface area contributed by atoms with Crippen molar-refractivity contribution < 1.29 is 51.9 Å². The van der Waals surface area contributed by atoms with Crippen LogP contribution in [0.3, 0.4) is 0 Å². The minimum Gasteiger partial charge on any atom is -0.322 e. The lowest BCUT2D eigenvalue weighted by Crippen LogP contribution is -2.19. The zero-order chi connectivity index (χ0) is 26.0. The van der Waals surface area contributed by atoms with Gasteiger partial charge in [0.25, 0.3) is 4.36 Å². The van der Waals surface area contributed by atoms with Crippen LogP contribution in [0, 0.1) is 0 Å². The van der Waals surface area contributed by atoms with Crippen LogP contribution in [0.2, 0.25) is 10.0 Å². The van der Waals surface area contributed by atoms with Gasteiger partial charge in [-0.15, -0.1) is 21.4 Å². The van der Waals surface area contributed by atoms with E-state index in [0.717, 1.165) is 22.7 Å². The molecule has 2 unspecified atom stereocenters. The summed E-state index contributed by atoms with van der Waals surface area (Å²) in [6, 6.07) is 12.0. The summed E-state index contributed by atoms with van der Waals surface area (Å²) in [5, 5.41) is 0.994. The van der Waals surface area contributed by atoms with E-state index in [2.05, 4.69) is 4.31 Å². The molecule has 0 heterocycles. The monoisotopic (exact) mass is 624 g/mol. The van der Waals surface area contributed by atoms with Gasteiger partial charge in [-0.25, -0.2) is 0 Å². The van der Waals surface area contributed by atoms with E-state index in [1.165, 1.54) is 12.1 Å². The van der Waals surface area contributed by atoms with Crippen LogP contribution in [0.1, 0.15) is 11.1 Å². The fraction of sp³-hybridized carbons (Fsp3) is 0.143. The van der Waals surface area contributed by atoms with Crippen LogP contribution in [0.15, 0.2) is 48.5 Å². The van der Waals surface area contributed by atoms with Crippen LogP contribution in [0.4, 0.5) is 0 Å². The average Bonchev–Trinajstić information content (AvgIpc) is 2.67. The fourth-order valence-corrected chi connectivity index (χ4v) is 5.16. The SMILES string of the molecule is ClCc1ccc(Cl)cc1.O=P(O)(O)C(Cl)(c1ccc(Cl)cc1)P(=O)(O)O.O=[P+](O)O[P+](=O)O. The van der Waals surface area contributed by atoms with Gasteiger partial charge in [0.2, 0.25) is 0 Å². The predicted molar refractivity (Wildman–Crippen MR) is 125 cm³/mol. The minimum atomic E-state index is -5.29. The van der Waals surface area contributed by atoms with Crippen molar-refractivity contribution in [3.8, 4) is 0 Å². The van der Waals surface area contributed by atoms with E-state index < -0.39 is 41.6 Å². The molecule has 0 saturated carbocycles. The zero-order valence-corrected chi connectivity index (χ0v) is 22.5. The molecule has 11 nitrogen and oxygen atoms in total. The second-order valence-corrected chi connectivity index (χ2v) is 13.2. The Morgan fingerprint density at radius 1 is 0.788 bits per heavy atom. The highest BCUT2D eigenvalue weighted by atomic mass is 35.5. The number of hydrogen-bond donors (Lipinski definition) is 6. The molecule has 0 bridgehead atoms. The first-order chi connectivity index (χ1) is 15.0. The number of alkyl halides is 2. The van der Waals surface area contributed by atoms with Gasteiger partial charge >= 0.3 is 31.7 Å². The largest absolute Gasteiger partial charge is 0.745 e. The fourth-order valence-electron chi connectivity index (χ4n) is 1.80. The Hall–Kier alpha value is -0.0200. The summed E-state index contributed by atoms with van der Waals surface area (Å²) in [5.41, 5.74) is 0.700. The van der Waals surface area contributed by atoms with E-state index in [4.69, 9.17) is 75.8 Å². The van der Waals surface area contributed by atoms with Gasteiger partial charge in [0.15, 0.2) is 4.31 Å². The third-order valence-corrected chi connectivity index (χ3v) is 10.3. The number of hydrogen-bond acceptors (Lipinski definition) is 5. The Balaban J connectivity index is 0.000000534. The summed E-state index contributed by atoms with van der Waals surface area (Å²) in [7, 11) is -16.4. The molecular weight excluding hydrogens is 610 g/mol. The Kier molecular flexibility index (Phi) is 14.5. The summed E-state index contributed by atoms with van der Waals surface area (Å²) in [5.74, 6) is 0.553. The summed E-state index contributed by atoms with van der Waals surface area (Å²) in [6.45, 7) is 0. The summed E-state index contributed by atoms with van der Waals surface area (Å²) < 4.78 is 41.5. The molecule has 184 valence electrons. The van der Waals surface area contributed by atoms with Crippen LogP contribution in [0.5, 0.6) is 0 Å². The molecule has 2 aromatic carbocycles. The molecule has 0 aliphatic rings. The van der Waals surface area contributed by atoms with Crippen LogP contribution in [0.25, 0.3) is 0 Å². The Bertz CT molecular complexity index is 990. The maximum atomic E-state index is 11.2.